The maximum absolute atomic E-state index is 12.7. The summed E-state index contributed by atoms with van der Waals surface area (Å²) in [5, 5.41) is 16.7. The van der Waals surface area contributed by atoms with Gasteiger partial charge in [-0.25, -0.2) is 8.42 Å². The van der Waals surface area contributed by atoms with E-state index in [-0.39, 0.29) is 22.0 Å². The molecule has 108 valence electrons. The minimum absolute atomic E-state index is 0.0591. The van der Waals surface area contributed by atoms with Gasteiger partial charge in [0.2, 0.25) is 10.0 Å². The van der Waals surface area contributed by atoms with E-state index in [0.29, 0.717) is 18.9 Å². The van der Waals surface area contributed by atoms with Crippen LogP contribution in [0.25, 0.3) is 0 Å². The highest BCUT2D eigenvalue weighted by molar-refractivity contribution is 7.89. The van der Waals surface area contributed by atoms with Crippen LogP contribution < -0.4 is 0 Å². The van der Waals surface area contributed by atoms with Crippen molar-refractivity contribution >= 4 is 21.6 Å². The van der Waals surface area contributed by atoms with Crippen LogP contribution in [-0.2, 0) is 23.1 Å². The van der Waals surface area contributed by atoms with Gasteiger partial charge in [-0.1, -0.05) is 11.6 Å². The Bertz CT molecular complexity index is 840. The Balaban J connectivity index is 2.01. The third-order valence-electron chi connectivity index (χ3n) is 3.28. The van der Waals surface area contributed by atoms with Crippen LogP contribution in [0.3, 0.4) is 0 Å². The van der Waals surface area contributed by atoms with Crippen molar-refractivity contribution in [2.45, 2.75) is 18.0 Å². The van der Waals surface area contributed by atoms with Gasteiger partial charge in [0, 0.05) is 13.1 Å². The molecule has 1 aliphatic heterocycles. The van der Waals surface area contributed by atoms with Crippen molar-refractivity contribution < 1.29 is 8.42 Å². The van der Waals surface area contributed by atoms with E-state index in [4.69, 9.17) is 16.9 Å². The van der Waals surface area contributed by atoms with E-state index in [0.717, 1.165) is 0 Å². The highest BCUT2D eigenvalue weighted by Crippen LogP contribution is 2.27. The van der Waals surface area contributed by atoms with Crippen LogP contribution in [0.5, 0.6) is 0 Å². The molecule has 9 heteroatoms. The largest absolute Gasteiger partial charge is 0.315 e. The zero-order valence-electron chi connectivity index (χ0n) is 10.8. The lowest BCUT2D eigenvalue weighted by Gasteiger charge is -2.26. The van der Waals surface area contributed by atoms with Gasteiger partial charge in [0.25, 0.3) is 0 Å². The molecular weight excluding hydrogens is 314 g/mol. The molecule has 0 aliphatic carbocycles. The molecule has 0 amide bonds. The fourth-order valence-electron chi connectivity index (χ4n) is 2.16. The summed E-state index contributed by atoms with van der Waals surface area (Å²) in [7, 11) is -3.78. The minimum Gasteiger partial charge on any atom is -0.315 e. The van der Waals surface area contributed by atoms with Crippen LogP contribution in [0.1, 0.15) is 11.4 Å². The molecule has 0 spiro atoms. The predicted octanol–water partition coefficient (Wildman–Crippen LogP) is 1.01. The van der Waals surface area contributed by atoms with E-state index in [1.807, 2.05) is 6.07 Å². The van der Waals surface area contributed by atoms with Gasteiger partial charge >= 0.3 is 0 Å². The first-order chi connectivity index (χ1) is 10.0. The van der Waals surface area contributed by atoms with Crippen LogP contribution in [0.4, 0.5) is 0 Å². The fourth-order valence-corrected chi connectivity index (χ4v) is 4.05. The number of benzene rings is 1. The Hall–Kier alpha value is -1.95. The van der Waals surface area contributed by atoms with Gasteiger partial charge in [-0.3, -0.25) is 0 Å². The molecule has 21 heavy (non-hydrogen) atoms. The van der Waals surface area contributed by atoms with E-state index in [1.54, 1.807) is 10.9 Å². The topological polar surface area (TPSA) is 91.9 Å². The van der Waals surface area contributed by atoms with Crippen molar-refractivity contribution in [3.63, 3.8) is 0 Å². The van der Waals surface area contributed by atoms with Crippen LogP contribution in [-0.4, -0.2) is 34.0 Å². The minimum atomic E-state index is -3.78. The second-order valence-corrected chi connectivity index (χ2v) is 6.85. The van der Waals surface area contributed by atoms with Crippen LogP contribution in [0.15, 0.2) is 29.4 Å². The van der Waals surface area contributed by atoms with Gasteiger partial charge in [0.15, 0.2) is 0 Å². The lowest BCUT2D eigenvalue weighted by molar-refractivity contribution is 0.335. The molecule has 2 aromatic rings. The number of nitrogens with zero attached hydrogens (tertiary/aromatic N) is 5. The van der Waals surface area contributed by atoms with Gasteiger partial charge < -0.3 is 4.57 Å². The summed E-state index contributed by atoms with van der Waals surface area (Å²) in [6.45, 7) is 0.924. The SMILES string of the molecule is N#Cc1ccc(Cl)c(S(=O)(=O)N2CCn3cnnc3C2)c1. The molecule has 7 nitrogen and oxygen atoms in total. The summed E-state index contributed by atoms with van der Waals surface area (Å²) < 4.78 is 28.5. The number of hydrogen-bond acceptors (Lipinski definition) is 5. The quantitative estimate of drug-likeness (QED) is 0.822. The van der Waals surface area contributed by atoms with Crippen LogP contribution >= 0.6 is 11.6 Å². The number of aromatic nitrogens is 3. The summed E-state index contributed by atoms with van der Waals surface area (Å²) in [5.74, 6) is 0.581. The number of fused-ring (bicyclic) bond motifs is 1. The van der Waals surface area contributed by atoms with Crippen molar-refractivity contribution in [3.8, 4) is 6.07 Å². The first kappa shape index (κ1) is 14.0. The van der Waals surface area contributed by atoms with Crippen molar-refractivity contribution in [1.29, 1.82) is 5.26 Å². The standard InChI is InChI=1S/C12H10ClN5O2S/c13-10-2-1-9(6-14)5-11(10)21(19,20)18-4-3-17-8-15-16-12(17)7-18/h1-2,5,8H,3-4,7H2. The number of sulfonamides is 1. The summed E-state index contributed by atoms with van der Waals surface area (Å²) in [6.07, 6.45) is 1.57. The van der Waals surface area contributed by atoms with Crippen LogP contribution in [0, 0.1) is 11.3 Å². The molecule has 0 atom stereocenters. The van der Waals surface area contributed by atoms with Crippen LogP contribution in [0.2, 0.25) is 5.02 Å². The smallest absolute Gasteiger partial charge is 0.245 e. The van der Waals surface area contributed by atoms with Crippen molar-refractivity contribution in [3.05, 3.63) is 40.9 Å². The van der Waals surface area contributed by atoms with Gasteiger partial charge in [-0.05, 0) is 18.2 Å². The average molecular weight is 324 g/mol. The van der Waals surface area contributed by atoms with Gasteiger partial charge in [0.1, 0.15) is 17.0 Å². The Morgan fingerprint density at radius 2 is 2.14 bits per heavy atom. The highest BCUT2D eigenvalue weighted by atomic mass is 35.5. The maximum atomic E-state index is 12.7. The molecule has 2 heterocycles. The monoisotopic (exact) mass is 323 g/mol. The predicted molar refractivity (Wildman–Crippen MR) is 73.8 cm³/mol. The van der Waals surface area contributed by atoms with E-state index in [1.165, 1.54) is 22.5 Å². The van der Waals surface area contributed by atoms with Gasteiger partial charge in [-0.15, -0.1) is 10.2 Å². The average Bonchev–Trinajstić information content (AvgIpc) is 2.95. The molecule has 0 unspecified atom stereocenters. The molecule has 3 rings (SSSR count). The third-order valence-corrected chi connectivity index (χ3v) is 5.61. The first-order valence-corrected chi connectivity index (χ1v) is 7.90. The molecule has 0 fully saturated rings. The van der Waals surface area contributed by atoms with Crippen molar-refractivity contribution in [2.75, 3.05) is 6.54 Å². The Kier molecular flexibility index (Phi) is 3.41. The van der Waals surface area contributed by atoms with Crippen molar-refractivity contribution in [2.24, 2.45) is 0 Å². The Morgan fingerprint density at radius 3 is 2.90 bits per heavy atom. The zero-order chi connectivity index (χ0) is 15.0. The number of nitriles is 1. The summed E-state index contributed by atoms with van der Waals surface area (Å²) >= 11 is 5.99. The normalized spacial score (nSPS) is 15.4. The second kappa shape index (κ2) is 5.11. The van der Waals surface area contributed by atoms with E-state index in [2.05, 4.69) is 10.2 Å². The first-order valence-electron chi connectivity index (χ1n) is 6.09. The molecule has 0 radical (unpaired) electrons. The lowest BCUT2D eigenvalue weighted by atomic mass is 10.2. The van der Waals surface area contributed by atoms with E-state index in [9.17, 15) is 8.42 Å². The lowest BCUT2D eigenvalue weighted by Crippen LogP contribution is -2.38. The number of rotatable bonds is 2. The Morgan fingerprint density at radius 1 is 1.33 bits per heavy atom. The molecule has 0 saturated heterocycles. The van der Waals surface area contributed by atoms with Crippen molar-refractivity contribution in [1.82, 2.24) is 19.1 Å². The second-order valence-electron chi connectivity index (χ2n) is 4.54. The van der Waals surface area contributed by atoms with Gasteiger partial charge in [-0.2, -0.15) is 9.57 Å². The molecular formula is C12H10ClN5O2S. The number of hydrogen-bond donors (Lipinski definition) is 0. The molecule has 1 aromatic heterocycles. The maximum Gasteiger partial charge on any atom is 0.245 e. The van der Waals surface area contributed by atoms with E-state index >= 15 is 0 Å². The Labute approximate surface area is 126 Å². The molecule has 1 aliphatic rings. The molecule has 0 saturated carbocycles. The summed E-state index contributed by atoms with van der Waals surface area (Å²) in [4.78, 5) is -0.0591. The van der Waals surface area contributed by atoms with Gasteiger partial charge in [0.05, 0.1) is 23.2 Å². The molecule has 0 N–H and O–H groups in total. The number of halogens is 1. The highest BCUT2D eigenvalue weighted by Gasteiger charge is 2.31. The third kappa shape index (κ3) is 2.40. The zero-order valence-corrected chi connectivity index (χ0v) is 12.3. The van der Waals surface area contributed by atoms with E-state index < -0.39 is 10.0 Å². The summed E-state index contributed by atoms with van der Waals surface area (Å²) in [5.41, 5.74) is 0.248. The molecule has 1 aromatic carbocycles. The fraction of sp³-hybridized carbons (Fsp3) is 0.250. The summed E-state index contributed by atoms with van der Waals surface area (Å²) in [6, 6.07) is 6.10. The molecule has 0 bridgehead atoms.